The Hall–Kier alpha value is -1.06. The summed E-state index contributed by atoms with van der Waals surface area (Å²) < 4.78 is 0. The van der Waals surface area contributed by atoms with Crippen LogP contribution in [0.15, 0.2) is 24.3 Å². The molecule has 0 amide bonds. The van der Waals surface area contributed by atoms with Gasteiger partial charge < -0.3 is 15.5 Å². The Bertz CT molecular complexity index is 275. The quantitative estimate of drug-likeness (QED) is 0.505. The van der Waals surface area contributed by atoms with Crippen molar-refractivity contribution in [1.29, 1.82) is 0 Å². The third-order valence-electron chi connectivity index (χ3n) is 1.88. The van der Waals surface area contributed by atoms with Gasteiger partial charge in [0.1, 0.15) is 6.10 Å². The summed E-state index contributed by atoms with van der Waals surface area (Å²) in [6.45, 7) is 0. The maximum atomic E-state index is 9.34. The van der Waals surface area contributed by atoms with Crippen LogP contribution in [-0.4, -0.2) is 16.4 Å². The van der Waals surface area contributed by atoms with Crippen LogP contribution in [0, 0.1) is 0 Å². The van der Waals surface area contributed by atoms with Crippen molar-refractivity contribution in [2.75, 3.05) is 5.32 Å². The number of aliphatic hydroxyl groups excluding tert-OH is 2. The van der Waals surface area contributed by atoms with E-state index in [1.165, 1.54) is 0 Å². The van der Waals surface area contributed by atoms with E-state index in [1.54, 1.807) is 6.07 Å². The summed E-state index contributed by atoms with van der Waals surface area (Å²) in [5.41, 5.74) is 1.58. The number of hydrogen-bond donors (Lipinski definition) is 3. The number of benzene rings is 1. The molecule has 1 aliphatic rings. The number of aliphatic hydroxyl groups is 2. The van der Waals surface area contributed by atoms with E-state index in [0.717, 1.165) is 11.3 Å². The predicted molar refractivity (Wildman–Crippen MR) is 41.0 cm³/mol. The van der Waals surface area contributed by atoms with Crippen LogP contribution in [0.3, 0.4) is 0 Å². The fourth-order valence-electron chi connectivity index (χ4n) is 1.29. The average Bonchev–Trinajstić information content (AvgIpc) is 2.30. The number of para-hydroxylation sites is 1. The molecule has 2 rings (SSSR count). The maximum absolute atomic E-state index is 9.34. The Balaban J connectivity index is 2.47. The lowest BCUT2D eigenvalue weighted by Gasteiger charge is -2.06. The third kappa shape index (κ3) is 0.895. The summed E-state index contributed by atoms with van der Waals surface area (Å²) in [6.07, 6.45) is -1.64. The van der Waals surface area contributed by atoms with Crippen molar-refractivity contribution in [3.63, 3.8) is 0 Å². The topological polar surface area (TPSA) is 52.5 Å². The van der Waals surface area contributed by atoms with E-state index in [4.69, 9.17) is 5.11 Å². The third-order valence-corrected chi connectivity index (χ3v) is 1.88. The van der Waals surface area contributed by atoms with Crippen LogP contribution in [0.25, 0.3) is 0 Å². The molecule has 1 aliphatic heterocycles. The first-order chi connectivity index (χ1) is 5.29. The van der Waals surface area contributed by atoms with E-state index in [-0.39, 0.29) is 0 Å². The summed E-state index contributed by atoms with van der Waals surface area (Å²) in [4.78, 5) is 0. The Morgan fingerprint density at radius 3 is 2.64 bits per heavy atom. The molecule has 1 heterocycles. The number of nitrogens with one attached hydrogen (secondary N) is 1. The summed E-state index contributed by atoms with van der Waals surface area (Å²) >= 11 is 0. The highest BCUT2D eigenvalue weighted by atomic mass is 16.3. The monoisotopic (exact) mass is 151 g/mol. The summed E-state index contributed by atoms with van der Waals surface area (Å²) in [5, 5.41) is 21.2. The van der Waals surface area contributed by atoms with E-state index >= 15 is 0 Å². The first-order valence-corrected chi connectivity index (χ1v) is 3.50. The molecular weight excluding hydrogens is 142 g/mol. The fraction of sp³-hybridized carbons (Fsp3) is 0.250. The van der Waals surface area contributed by atoms with Crippen molar-refractivity contribution in [1.82, 2.24) is 0 Å². The number of fused-ring (bicyclic) bond motifs is 1. The lowest BCUT2D eigenvalue weighted by atomic mass is 10.1. The predicted octanol–water partition coefficient (Wildman–Crippen LogP) is 0.464. The molecule has 0 fully saturated rings. The van der Waals surface area contributed by atoms with Crippen LogP contribution in [0.5, 0.6) is 0 Å². The molecule has 0 spiro atoms. The summed E-state index contributed by atoms with van der Waals surface area (Å²) in [7, 11) is 0. The molecule has 2 atom stereocenters. The fourth-order valence-corrected chi connectivity index (χ4v) is 1.29. The summed E-state index contributed by atoms with van der Waals surface area (Å²) in [6, 6.07) is 7.32. The van der Waals surface area contributed by atoms with Gasteiger partial charge in [-0.25, -0.2) is 0 Å². The lowest BCUT2D eigenvalue weighted by molar-refractivity contribution is 0.0462. The van der Waals surface area contributed by atoms with Crippen molar-refractivity contribution in [3.8, 4) is 0 Å². The minimum Gasteiger partial charge on any atom is -0.384 e. The Morgan fingerprint density at radius 1 is 1.18 bits per heavy atom. The molecule has 3 nitrogen and oxygen atoms in total. The van der Waals surface area contributed by atoms with E-state index in [9.17, 15) is 5.11 Å². The van der Waals surface area contributed by atoms with E-state index < -0.39 is 12.3 Å². The molecule has 0 saturated heterocycles. The van der Waals surface area contributed by atoms with E-state index in [1.807, 2.05) is 18.2 Å². The zero-order chi connectivity index (χ0) is 7.84. The highest BCUT2D eigenvalue weighted by Crippen LogP contribution is 2.32. The molecule has 0 saturated carbocycles. The first kappa shape index (κ1) is 6.64. The van der Waals surface area contributed by atoms with Crippen LogP contribution >= 0.6 is 0 Å². The highest BCUT2D eigenvalue weighted by Gasteiger charge is 2.27. The molecule has 11 heavy (non-hydrogen) atoms. The van der Waals surface area contributed by atoms with Crippen LogP contribution in [0.1, 0.15) is 11.7 Å². The van der Waals surface area contributed by atoms with Gasteiger partial charge in [-0.15, -0.1) is 0 Å². The molecular formula is C8H9NO2. The van der Waals surface area contributed by atoms with Gasteiger partial charge in [0.05, 0.1) is 0 Å². The van der Waals surface area contributed by atoms with Crippen LogP contribution in [0.2, 0.25) is 0 Å². The Morgan fingerprint density at radius 2 is 1.91 bits per heavy atom. The number of anilines is 1. The minimum atomic E-state index is -0.854. The van der Waals surface area contributed by atoms with Gasteiger partial charge in [-0.3, -0.25) is 0 Å². The van der Waals surface area contributed by atoms with Crippen molar-refractivity contribution in [3.05, 3.63) is 29.8 Å². The molecule has 0 bridgehead atoms. The zero-order valence-electron chi connectivity index (χ0n) is 5.86. The van der Waals surface area contributed by atoms with E-state index in [2.05, 4.69) is 5.32 Å². The average molecular weight is 151 g/mol. The van der Waals surface area contributed by atoms with Crippen molar-refractivity contribution < 1.29 is 10.2 Å². The zero-order valence-corrected chi connectivity index (χ0v) is 5.86. The van der Waals surface area contributed by atoms with Crippen LogP contribution < -0.4 is 5.32 Å². The number of hydrogen-bond acceptors (Lipinski definition) is 3. The maximum Gasteiger partial charge on any atom is 0.155 e. The van der Waals surface area contributed by atoms with Gasteiger partial charge in [-0.2, -0.15) is 0 Å². The molecule has 3 N–H and O–H groups in total. The molecule has 0 unspecified atom stereocenters. The van der Waals surface area contributed by atoms with E-state index in [0.29, 0.717) is 0 Å². The highest BCUT2D eigenvalue weighted by molar-refractivity contribution is 5.57. The second-order valence-corrected chi connectivity index (χ2v) is 2.62. The first-order valence-electron chi connectivity index (χ1n) is 3.50. The van der Waals surface area contributed by atoms with Gasteiger partial charge in [-0.05, 0) is 6.07 Å². The molecule has 1 aromatic rings. The van der Waals surface area contributed by atoms with Crippen LogP contribution in [0.4, 0.5) is 5.69 Å². The number of rotatable bonds is 0. The molecule has 0 aromatic heterocycles. The molecule has 0 radical (unpaired) electrons. The second kappa shape index (κ2) is 2.22. The molecule has 58 valence electrons. The van der Waals surface area contributed by atoms with Crippen LogP contribution in [-0.2, 0) is 0 Å². The largest absolute Gasteiger partial charge is 0.384 e. The lowest BCUT2D eigenvalue weighted by Crippen LogP contribution is -2.18. The van der Waals surface area contributed by atoms with Gasteiger partial charge in [0, 0.05) is 11.3 Å². The van der Waals surface area contributed by atoms with Crippen molar-refractivity contribution in [2.45, 2.75) is 12.3 Å². The molecule has 3 heteroatoms. The Labute approximate surface area is 64.3 Å². The molecule has 0 aliphatic carbocycles. The standard InChI is InChI=1S/C8H9NO2/c10-7-5-3-1-2-4-6(5)9-8(7)11/h1-4,7-11H/t7-,8-/m0/s1. The van der Waals surface area contributed by atoms with Gasteiger partial charge in [0.2, 0.25) is 0 Å². The van der Waals surface area contributed by atoms with Gasteiger partial charge in [0.15, 0.2) is 6.23 Å². The second-order valence-electron chi connectivity index (χ2n) is 2.62. The Kier molecular flexibility index (Phi) is 1.34. The normalized spacial score (nSPS) is 27.8. The van der Waals surface area contributed by atoms with Crippen molar-refractivity contribution in [2.24, 2.45) is 0 Å². The SMILES string of the molecule is O[C@@H]1Nc2ccccc2[C@@H]1O. The smallest absolute Gasteiger partial charge is 0.155 e. The molecule has 1 aromatic carbocycles. The van der Waals surface area contributed by atoms with Gasteiger partial charge in [0.25, 0.3) is 0 Å². The van der Waals surface area contributed by atoms with Gasteiger partial charge in [-0.1, -0.05) is 18.2 Å². The van der Waals surface area contributed by atoms with Crippen molar-refractivity contribution >= 4 is 5.69 Å². The van der Waals surface area contributed by atoms with Gasteiger partial charge >= 0.3 is 0 Å². The summed E-state index contributed by atoms with van der Waals surface area (Å²) in [5.74, 6) is 0. The minimum absolute atomic E-state index is 0.764.